The van der Waals surface area contributed by atoms with Crippen LogP contribution in [0.1, 0.15) is 39.2 Å². The van der Waals surface area contributed by atoms with Crippen LogP contribution in [-0.2, 0) is 9.53 Å². The zero-order chi connectivity index (χ0) is 21.9. The summed E-state index contributed by atoms with van der Waals surface area (Å²) in [4.78, 5) is 37.7. The lowest BCUT2D eigenvalue weighted by Crippen LogP contribution is -2.47. The molecule has 2 heterocycles. The third kappa shape index (κ3) is 5.82. The van der Waals surface area contributed by atoms with Crippen molar-refractivity contribution in [3.05, 3.63) is 40.2 Å². The molecule has 0 spiro atoms. The standard InChI is InChI=1S/C22H29N3O5/c1-14-11-20(27)29-18-12-16(5-6-17(14)18)24-19(26)13-23-15-7-9-25(10-8-15)21(28)30-22(2,3)4/h5-6,11-12,15,23H,7-10,13H2,1-4H3,(H,24,26). The Bertz CT molecular complexity index is 984. The number of benzene rings is 1. The molecule has 1 aromatic carbocycles. The van der Waals surface area contributed by atoms with E-state index in [1.54, 1.807) is 17.0 Å². The third-order valence-electron chi connectivity index (χ3n) is 4.93. The van der Waals surface area contributed by atoms with E-state index in [0.717, 1.165) is 23.8 Å². The smallest absolute Gasteiger partial charge is 0.410 e. The van der Waals surface area contributed by atoms with E-state index >= 15 is 0 Å². The zero-order valence-corrected chi connectivity index (χ0v) is 17.9. The number of aryl methyl sites for hydroxylation is 1. The van der Waals surface area contributed by atoms with Crippen molar-refractivity contribution in [2.24, 2.45) is 0 Å². The summed E-state index contributed by atoms with van der Waals surface area (Å²) in [6.45, 7) is 8.74. The zero-order valence-electron chi connectivity index (χ0n) is 17.9. The van der Waals surface area contributed by atoms with E-state index in [2.05, 4.69) is 10.6 Å². The first-order chi connectivity index (χ1) is 14.1. The number of carbonyl (C=O) groups excluding carboxylic acids is 2. The first-order valence-electron chi connectivity index (χ1n) is 10.2. The maximum absolute atomic E-state index is 12.3. The largest absolute Gasteiger partial charge is 0.444 e. The highest BCUT2D eigenvalue weighted by Gasteiger charge is 2.26. The SMILES string of the molecule is Cc1cc(=O)oc2cc(NC(=O)CNC3CCN(C(=O)OC(C)(C)C)CC3)ccc12. The van der Waals surface area contributed by atoms with Crippen molar-refractivity contribution in [2.75, 3.05) is 25.0 Å². The van der Waals surface area contributed by atoms with E-state index in [1.165, 1.54) is 6.07 Å². The highest BCUT2D eigenvalue weighted by Crippen LogP contribution is 2.21. The third-order valence-corrected chi connectivity index (χ3v) is 4.93. The summed E-state index contributed by atoms with van der Waals surface area (Å²) in [5, 5.41) is 6.89. The number of nitrogens with zero attached hydrogens (tertiary/aromatic N) is 1. The van der Waals surface area contributed by atoms with Crippen molar-refractivity contribution in [1.82, 2.24) is 10.2 Å². The first-order valence-corrected chi connectivity index (χ1v) is 10.2. The lowest BCUT2D eigenvalue weighted by atomic mass is 10.1. The van der Waals surface area contributed by atoms with Gasteiger partial charge in [0, 0.05) is 42.3 Å². The van der Waals surface area contributed by atoms with Gasteiger partial charge in [-0.15, -0.1) is 0 Å². The Morgan fingerprint density at radius 2 is 1.90 bits per heavy atom. The van der Waals surface area contributed by atoms with Gasteiger partial charge in [-0.1, -0.05) is 0 Å². The molecular formula is C22H29N3O5. The molecule has 0 aliphatic carbocycles. The predicted octanol–water partition coefficient (Wildman–Crippen LogP) is 3.03. The molecule has 2 N–H and O–H groups in total. The summed E-state index contributed by atoms with van der Waals surface area (Å²) in [6, 6.07) is 6.86. The Balaban J connectivity index is 1.47. The highest BCUT2D eigenvalue weighted by atomic mass is 16.6. The van der Waals surface area contributed by atoms with Crippen molar-refractivity contribution in [2.45, 2.75) is 52.2 Å². The molecule has 0 saturated carbocycles. The molecule has 0 atom stereocenters. The number of ether oxygens (including phenoxy) is 1. The summed E-state index contributed by atoms with van der Waals surface area (Å²) in [7, 11) is 0. The van der Waals surface area contributed by atoms with Gasteiger partial charge >= 0.3 is 11.7 Å². The summed E-state index contributed by atoms with van der Waals surface area (Å²) < 4.78 is 10.6. The fraction of sp³-hybridized carbons (Fsp3) is 0.500. The van der Waals surface area contributed by atoms with E-state index < -0.39 is 11.2 Å². The molecule has 3 rings (SSSR count). The fourth-order valence-corrected chi connectivity index (χ4v) is 3.44. The van der Waals surface area contributed by atoms with Gasteiger partial charge in [-0.25, -0.2) is 9.59 Å². The molecule has 0 bridgehead atoms. The van der Waals surface area contributed by atoms with Crippen LogP contribution in [0.5, 0.6) is 0 Å². The summed E-state index contributed by atoms with van der Waals surface area (Å²) in [5.41, 5.74) is 0.929. The highest BCUT2D eigenvalue weighted by molar-refractivity contribution is 5.94. The molecule has 0 unspecified atom stereocenters. The maximum atomic E-state index is 12.3. The number of anilines is 1. The van der Waals surface area contributed by atoms with Crippen LogP contribution in [0, 0.1) is 6.92 Å². The van der Waals surface area contributed by atoms with Crippen molar-refractivity contribution in [1.29, 1.82) is 0 Å². The summed E-state index contributed by atoms with van der Waals surface area (Å²) in [6.07, 6.45) is 1.22. The second kappa shape index (κ2) is 8.87. The number of carbonyl (C=O) groups is 2. The molecular weight excluding hydrogens is 386 g/mol. The minimum atomic E-state index is -0.506. The normalized spacial score (nSPS) is 15.3. The Labute approximate surface area is 175 Å². The number of fused-ring (bicyclic) bond motifs is 1. The molecule has 1 saturated heterocycles. The Hall–Kier alpha value is -2.87. The lowest BCUT2D eigenvalue weighted by molar-refractivity contribution is -0.115. The average molecular weight is 415 g/mol. The molecule has 8 nitrogen and oxygen atoms in total. The van der Waals surface area contributed by atoms with Crippen molar-refractivity contribution in [3.63, 3.8) is 0 Å². The topological polar surface area (TPSA) is 101 Å². The van der Waals surface area contributed by atoms with Gasteiger partial charge in [-0.3, -0.25) is 4.79 Å². The van der Waals surface area contributed by atoms with Crippen LogP contribution in [-0.4, -0.2) is 48.2 Å². The molecule has 1 fully saturated rings. The second-order valence-electron chi connectivity index (χ2n) is 8.63. The van der Waals surface area contributed by atoms with Crippen LogP contribution in [0.25, 0.3) is 11.0 Å². The van der Waals surface area contributed by atoms with Crippen LogP contribution >= 0.6 is 0 Å². The number of amides is 2. The molecule has 0 radical (unpaired) electrons. The fourth-order valence-electron chi connectivity index (χ4n) is 3.44. The van der Waals surface area contributed by atoms with E-state index in [1.807, 2.05) is 33.8 Å². The Morgan fingerprint density at radius 3 is 2.57 bits per heavy atom. The van der Waals surface area contributed by atoms with Crippen molar-refractivity contribution < 1.29 is 18.7 Å². The number of rotatable bonds is 4. The molecule has 1 aliphatic rings. The average Bonchev–Trinajstić information content (AvgIpc) is 2.65. The molecule has 1 aliphatic heterocycles. The van der Waals surface area contributed by atoms with Gasteiger partial charge in [0.15, 0.2) is 0 Å². The number of hydrogen-bond donors (Lipinski definition) is 2. The number of nitrogens with one attached hydrogen (secondary N) is 2. The maximum Gasteiger partial charge on any atom is 0.410 e. The van der Waals surface area contributed by atoms with Crippen LogP contribution in [0.2, 0.25) is 0 Å². The Kier molecular flexibility index (Phi) is 6.45. The van der Waals surface area contributed by atoms with E-state index in [-0.39, 0.29) is 24.6 Å². The molecule has 1 aromatic heterocycles. The number of piperidine rings is 1. The van der Waals surface area contributed by atoms with Gasteiger partial charge in [0.1, 0.15) is 11.2 Å². The van der Waals surface area contributed by atoms with Crippen molar-refractivity contribution in [3.8, 4) is 0 Å². The van der Waals surface area contributed by atoms with E-state index in [0.29, 0.717) is 24.4 Å². The Morgan fingerprint density at radius 1 is 1.20 bits per heavy atom. The van der Waals surface area contributed by atoms with Crippen LogP contribution in [0.15, 0.2) is 33.5 Å². The monoisotopic (exact) mass is 415 g/mol. The minimum Gasteiger partial charge on any atom is -0.444 e. The predicted molar refractivity (Wildman–Crippen MR) is 115 cm³/mol. The van der Waals surface area contributed by atoms with Gasteiger partial charge in [-0.05, 0) is 58.2 Å². The van der Waals surface area contributed by atoms with E-state index in [9.17, 15) is 14.4 Å². The quantitative estimate of drug-likeness (QED) is 0.745. The summed E-state index contributed by atoms with van der Waals surface area (Å²) >= 11 is 0. The lowest BCUT2D eigenvalue weighted by Gasteiger charge is -2.33. The summed E-state index contributed by atoms with van der Waals surface area (Å²) in [5.74, 6) is -0.182. The van der Waals surface area contributed by atoms with Crippen LogP contribution in [0.3, 0.4) is 0 Å². The van der Waals surface area contributed by atoms with Crippen LogP contribution in [0.4, 0.5) is 10.5 Å². The van der Waals surface area contributed by atoms with Gasteiger partial charge in [-0.2, -0.15) is 0 Å². The van der Waals surface area contributed by atoms with Gasteiger partial charge < -0.3 is 24.7 Å². The van der Waals surface area contributed by atoms with Crippen molar-refractivity contribution >= 4 is 28.7 Å². The molecule has 2 aromatic rings. The molecule has 2 amide bonds. The molecule has 162 valence electrons. The second-order valence-corrected chi connectivity index (χ2v) is 8.63. The number of likely N-dealkylation sites (tertiary alicyclic amines) is 1. The van der Waals surface area contributed by atoms with Gasteiger partial charge in [0.25, 0.3) is 0 Å². The molecule has 8 heteroatoms. The minimum absolute atomic E-state index is 0.159. The van der Waals surface area contributed by atoms with E-state index in [4.69, 9.17) is 9.15 Å². The number of hydrogen-bond acceptors (Lipinski definition) is 6. The van der Waals surface area contributed by atoms with Gasteiger partial charge in [0.2, 0.25) is 5.91 Å². The molecule has 30 heavy (non-hydrogen) atoms. The first kappa shape index (κ1) is 21.8. The van der Waals surface area contributed by atoms with Crippen LogP contribution < -0.4 is 16.3 Å². The van der Waals surface area contributed by atoms with Gasteiger partial charge in [0.05, 0.1) is 6.54 Å².